The monoisotopic (exact) mass is 598 g/mol. The van der Waals surface area contributed by atoms with Crippen molar-refractivity contribution in [1.82, 2.24) is 14.5 Å². The van der Waals surface area contributed by atoms with Gasteiger partial charge in [-0.2, -0.15) is 0 Å². The summed E-state index contributed by atoms with van der Waals surface area (Å²) in [7, 11) is -1.50. The molecule has 0 saturated heterocycles. The van der Waals surface area contributed by atoms with Crippen molar-refractivity contribution in [1.29, 1.82) is 0 Å². The van der Waals surface area contributed by atoms with Gasteiger partial charge in [0.25, 0.3) is 5.91 Å². The Morgan fingerprint density at radius 1 is 1.14 bits per heavy atom. The van der Waals surface area contributed by atoms with Gasteiger partial charge in [0.15, 0.2) is 11.5 Å². The Kier molecular flexibility index (Phi) is 13.3. The van der Waals surface area contributed by atoms with E-state index in [1.807, 2.05) is 4.57 Å². The number of imidazole rings is 1. The average Bonchev–Trinajstić information content (AvgIpc) is 3.61. The molecule has 1 aromatic heterocycles. The molecule has 230 valence electrons. The number of rotatable bonds is 18. The SMILES string of the molecule is C#CCN(C)C(=O)c1c(N(C=O)CCCCP(=O)(OCC)OCC)nc(CCc2ccc(C)cc2)n1CC1CCCC1. The molecule has 10 heteroatoms. The van der Waals surface area contributed by atoms with Crippen LogP contribution in [0.25, 0.3) is 0 Å². The van der Waals surface area contributed by atoms with Crippen LogP contribution in [0.3, 0.4) is 0 Å². The van der Waals surface area contributed by atoms with Crippen LogP contribution < -0.4 is 4.90 Å². The van der Waals surface area contributed by atoms with Crippen molar-refractivity contribution in [2.24, 2.45) is 5.92 Å². The lowest BCUT2D eigenvalue weighted by atomic mass is 10.1. The van der Waals surface area contributed by atoms with Crippen molar-refractivity contribution in [2.75, 3.05) is 44.4 Å². The minimum atomic E-state index is -3.17. The fraction of sp³-hybridized carbons (Fsp3) is 0.594. The maximum atomic E-state index is 13.9. The molecule has 0 bridgehead atoms. The van der Waals surface area contributed by atoms with Gasteiger partial charge in [0, 0.05) is 26.6 Å². The van der Waals surface area contributed by atoms with E-state index < -0.39 is 7.60 Å². The number of terminal acetylenes is 1. The molecule has 1 aromatic carbocycles. The Morgan fingerprint density at radius 3 is 2.40 bits per heavy atom. The Bertz CT molecular complexity index is 1240. The molecule has 0 unspecified atom stereocenters. The van der Waals surface area contributed by atoms with Crippen LogP contribution in [0.5, 0.6) is 0 Å². The molecule has 0 aliphatic heterocycles. The molecule has 9 nitrogen and oxygen atoms in total. The lowest BCUT2D eigenvalue weighted by molar-refractivity contribution is -0.107. The van der Waals surface area contributed by atoms with Crippen LogP contribution in [0, 0.1) is 25.2 Å². The molecule has 3 rings (SSSR count). The first kappa shape index (κ1) is 33.6. The van der Waals surface area contributed by atoms with Crippen molar-refractivity contribution in [2.45, 2.75) is 78.7 Å². The second-order valence-corrected chi connectivity index (χ2v) is 13.2. The summed E-state index contributed by atoms with van der Waals surface area (Å²) in [5, 5.41) is 0. The number of nitrogens with zero attached hydrogens (tertiary/aromatic N) is 4. The number of aryl methyl sites for hydroxylation is 3. The van der Waals surface area contributed by atoms with Crippen LogP contribution in [0.4, 0.5) is 5.82 Å². The Hall–Kier alpha value is -2.92. The molecule has 0 radical (unpaired) electrons. The summed E-state index contributed by atoms with van der Waals surface area (Å²) < 4.78 is 25.7. The number of aromatic nitrogens is 2. The van der Waals surface area contributed by atoms with Gasteiger partial charge in [0.05, 0.1) is 25.9 Å². The summed E-state index contributed by atoms with van der Waals surface area (Å²) in [5.74, 6) is 3.89. The zero-order valence-corrected chi connectivity index (χ0v) is 26.6. The van der Waals surface area contributed by atoms with E-state index in [4.69, 9.17) is 20.5 Å². The molecule has 1 heterocycles. The number of amides is 2. The highest BCUT2D eigenvalue weighted by Crippen LogP contribution is 2.48. The Balaban J connectivity index is 1.93. The molecule has 1 aliphatic rings. The van der Waals surface area contributed by atoms with E-state index >= 15 is 0 Å². The zero-order valence-electron chi connectivity index (χ0n) is 25.7. The van der Waals surface area contributed by atoms with Crippen molar-refractivity contribution >= 4 is 25.7 Å². The van der Waals surface area contributed by atoms with Gasteiger partial charge >= 0.3 is 7.60 Å². The van der Waals surface area contributed by atoms with E-state index in [9.17, 15) is 14.2 Å². The Morgan fingerprint density at radius 2 is 1.81 bits per heavy atom. The second kappa shape index (κ2) is 16.6. The van der Waals surface area contributed by atoms with Gasteiger partial charge in [-0.25, -0.2) is 4.98 Å². The number of benzene rings is 1. The summed E-state index contributed by atoms with van der Waals surface area (Å²) in [5.41, 5.74) is 2.80. The van der Waals surface area contributed by atoms with Crippen LogP contribution >= 0.6 is 7.60 Å². The molecular weight excluding hydrogens is 551 g/mol. The largest absolute Gasteiger partial charge is 0.330 e. The van der Waals surface area contributed by atoms with Crippen LogP contribution in [0.2, 0.25) is 0 Å². The molecule has 42 heavy (non-hydrogen) atoms. The lowest BCUT2D eigenvalue weighted by Crippen LogP contribution is -2.33. The Labute approximate surface area is 251 Å². The van der Waals surface area contributed by atoms with E-state index in [-0.39, 0.29) is 18.6 Å². The van der Waals surface area contributed by atoms with Gasteiger partial charge in [0.2, 0.25) is 6.41 Å². The third-order valence-electron chi connectivity index (χ3n) is 7.71. The number of hydrogen-bond acceptors (Lipinski definition) is 6. The topological polar surface area (TPSA) is 94.0 Å². The van der Waals surface area contributed by atoms with E-state index in [0.29, 0.717) is 63.0 Å². The second-order valence-electron chi connectivity index (χ2n) is 11.0. The molecule has 0 atom stereocenters. The van der Waals surface area contributed by atoms with Gasteiger partial charge in [-0.1, -0.05) is 48.6 Å². The van der Waals surface area contributed by atoms with E-state index in [2.05, 4.69) is 37.1 Å². The minimum Gasteiger partial charge on any atom is -0.329 e. The van der Waals surface area contributed by atoms with Crippen molar-refractivity contribution in [3.8, 4) is 12.3 Å². The predicted molar refractivity (Wildman–Crippen MR) is 167 cm³/mol. The maximum Gasteiger partial charge on any atom is 0.330 e. The molecule has 2 amide bonds. The normalized spacial score (nSPS) is 13.7. The molecular formula is C32H47N4O5P. The summed E-state index contributed by atoms with van der Waals surface area (Å²) in [6, 6.07) is 8.43. The summed E-state index contributed by atoms with van der Waals surface area (Å²) >= 11 is 0. The highest BCUT2D eigenvalue weighted by Gasteiger charge is 2.30. The molecule has 0 spiro atoms. The summed E-state index contributed by atoms with van der Waals surface area (Å²) in [6.07, 6.45) is 13.6. The zero-order chi connectivity index (χ0) is 30.5. The van der Waals surface area contributed by atoms with E-state index in [0.717, 1.165) is 31.5 Å². The van der Waals surface area contributed by atoms with Crippen molar-refractivity contribution in [3.63, 3.8) is 0 Å². The van der Waals surface area contributed by atoms with Crippen molar-refractivity contribution in [3.05, 3.63) is 46.9 Å². The van der Waals surface area contributed by atoms with E-state index in [1.165, 1.54) is 33.8 Å². The quantitative estimate of drug-likeness (QED) is 0.0921. The van der Waals surface area contributed by atoms with Gasteiger partial charge in [-0.15, -0.1) is 6.42 Å². The highest BCUT2D eigenvalue weighted by molar-refractivity contribution is 7.53. The minimum absolute atomic E-state index is 0.150. The van der Waals surface area contributed by atoms with Crippen LogP contribution in [0.15, 0.2) is 24.3 Å². The smallest absolute Gasteiger partial charge is 0.329 e. The van der Waals surface area contributed by atoms with Crippen LogP contribution in [-0.2, 0) is 37.8 Å². The van der Waals surface area contributed by atoms with Gasteiger partial charge in [-0.3, -0.25) is 19.1 Å². The predicted octanol–water partition coefficient (Wildman–Crippen LogP) is 5.88. The van der Waals surface area contributed by atoms with Crippen LogP contribution in [0.1, 0.15) is 79.8 Å². The summed E-state index contributed by atoms with van der Waals surface area (Å²) in [4.78, 5) is 34.3. The van der Waals surface area contributed by atoms with Gasteiger partial charge < -0.3 is 18.5 Å². The van der Waals surface area contributed by atoms with Crippen LogP contribution in [-0.4, -0.2) is 66.3 Å². The molecule has 1 saturated carbocycles. The van der Waals surface area contributed by atoms with Crippen molar-refractivity contribution < 1.29 is 23.2 Å². The average molecular weight is 599 g/mol. The molecule has 1 fully saturated rings. The third-order valence-corrected chi connectivity index (χ3v) is 9.88. The fourth-order valence-electron chi connectivity index (χ4n) is 5.49. The fourth-order valence-corrected chi connectivity index (χ4v) is 7.22. The van der Waals surface area contributed by atoms with Gasteiger partial charge in [0.1, 0.15) is 5.82 Å². The van der Waals surface area contributed by atoms with Gasteiger partial charge in [-0.05, 0) is 64.4 Å². The maximum absolute atomic E-state index is 13.9. The molecule has 0 N–H and O–H groups in total. The number of hydrogen-bond donors (Lipinski definition) is 0. The summed E-state index contributed by atoms with van der Waals surface area (Å²) in [6.45, 7) is 7.39. The molecule has 2 aromatic rings. The standard InChI is InChI=1S/C32H47N4O5P/c1-6-21-34(5)32(38)30-31(35(25-37)22-11-12-23-42(39,40-7-2)41-8-3)33-29(36(30)24-28-13-9-10-14-28)20-19-27-17-15-26(4)16-18-27/h1,15-18,25,28H,7-14,19-24H2,2-5H3. The number of anilines is 1. The lowest BCUT2D eigenvalue weighted by Gasteiger charge is -2.22. The first-order chi connectivity index (χ1) is 20.2. The third kappa shape index (κ3) is 9.29. The first-order valence-electron chi connectivity index (χ1n) is 15.2. The first-order valence-corrected chi connectivity index (χ1v) is 16.9. The number of unbranched alkanes of at least 4 members (excludes halogenated alkanes) is 1. The number of carbonyl (C=O) groups excluding carboxylic acids is 2. The highest BCUT2D eigenvalue weighted by atomic mass is 31.2. The van der Waals surface area contributed by atoms with E-state index in [1.54, 1.807) is 20.9 Å². The molecule has 1 aliphatic carbocycles. The number of carbonyl (C=O) groups is 2.